The van der Waals surface area contributed by atoms with Crippen molar-refractivity contribution in [3.63, 3.8) is 0 Å². The van der Waals surface area contributed by atoms with Gasteiger partial charge in [0.1, 0.15) is 0 Å². The molecule has 1 aliphatic heterocycles. The molecule has 1 aliphatic rings. The first-order valence-corrected chi connectivity index (χ1v) is 9.83. The number of nitrogens with zero attached hydrogens (tertiary/aromatic N) is 5. The second kappa shape index (κ2) is 7.88. The van der Waals surface area contributed by atoms with Gasteiger partial charge in [-0.15, -0.1) is 11.3 Å². The molecule has 6 nitrogen and oxygen atoms in total. The van der Waals surface area contributed by atoms with E-state index in [4.69, 9.17) is 0 Å². The Hall–Kier alpha value is -2.38. The molecule has 0 spiro atoms. The van der Waals surface area contributed by atoms with Crippen LogP contribution in [0.5, 0.6) is 0 Å². The van der Waals surface area contributed by atoms with Crippen molar-refractivity contribution < 1.29 is 0 Å². The first-order chi connectivity index (χ1) is 12.8. The minimum atomic E-state index is 0.700. The first-order valence-electron chi connectivity index (χ1n) is 8.95. The van der Waals surface area contributed by atoms with Gasteiger partial charge in [-0.25, -0.2) is 4.98 Å². The van der Waals surface area contributed by atoms with E-state index in [0.29, 0.717) is 6.54 Å². The van der Waals surface area contributed by atoms with E-state index in [1.807, 2.05) is 18.6 Å². The highest BCUT2D eigenvalue weighted by molar-refractivity contribution is 7.15. The fourth-order valence-electron chi connectivity index (χ4n) is 3.32. The van der Waals surface area contributed by atoms with Crippen molar-refractivity contribution in [2.75, 3.05) is 33.2 Å². The summed E-state index contributed by atoms with van der Waals surface area (Å²) in [6, 6.07) is 10.7. The number of nitrogens with one attached hydrogen (secondary N) is 1. The summed E-state index contributed by atoms with van der Waals surface area (Å²) in [5, 5.41) is 5.51. The molecular weight excluding hydrogens is 344 g/mol. The van der Waals surface area contributed by atoms with Crippen LogP contribution in [0.3, 0.4) is 0 Å². The summed E-state index contributed by atoms with van der Waals surface area (Å²) >= 11 is 1.65. The number of aromatic nitrogens is 2. The zero-order valence-corrected chi connectivity index (χ0v) is 15.8. The zero-order valence-electron chi connectivity index (χ0n) is 15.0. The minimum Gasteiger partial charge on any atom is -0.351 e. The number of aliphatic imine (C=N–C) groups is 1. The van der Waals surface area contributed by atoms with Crippen molar-refractivity contribution in [3.05, 3.63) is 59.4 Å². The maximum atomic E-state index is 4.62. The topological polar surface area (TPSA) is 48.2 Å². The van der Waals surface area contributed by atoms with Gasteiger partial charge in [0, 0.05) is 57.5 Å². The van der Waals surface area contributed by atoms with Gasteiger partial charge in [0.05, 0.1) is 12.2 Å². The predicted octanol–water partition coefficient (Wildman–Crippen LogP) is 2.29. The van der Waals surface area contributed by atoms with Gasteiger partial charge in [0.2, 0.25) is 0 Å². The molecular formula is C19H24N6S. The predicted molar refractivity (Wildman–Crippen MR) is 107 cm³/mol. The molecule has 0 radical (unpaired) electrons. The van der Waals surface area contributed by atoms with Crippen LogP contribution in [0, 0.1) is 0 Å². The van der Waals surface area contributed by atoms with Gasteiger partial charge in [0.15, 0.2) is 10.9 Å². The van der Waals surface area contributed by atoms with Crippen LogP contribution in [0.25, 0.3) is 4.96 Å². The third kappa shape index (κ3) is 3.89. The summed E-state index contributed by atoms with van der Waals surface area (Å²) in [6.07, 6.45) is 4.11. The van der Waals surface area contributed by atoms with Gasteiger partial charge >= 0.3 is 0 Å². The van der Waals surface area contributed by atoms with Crippen LogP contribution in [-0.4, -0.2) is 58.4 Å². The van der Waals surface area contributed by atoms with Crippen molar-refractivity contribution in [1.29, 1.82) is 0 Å². The summed E-state index contributed by atoms with van der Waals surface area (Å²) in [7, 11) is 1.85. The SMILES string of the molecule is CN=C(NCc1cn2ccsc2n1)N1CCN(Cc2ccccc2)CC1. The highest BCUT2D eigenvalue weighted by atomic mass is 32.1. The molecule has 0 bridgehead atoms. The molecule has 1 fully saturated rings. The van der Waals surface area contributed by atoms with Crippen LogP contribution in [0.2, 0.25) is 0 Å². The molecule has 1 aromatic carbocycles. The van der Waals surface area contributed by atoms with Crippen LogP contribution in [0.1, 0.15) is 11.3 Å². The highest BCUT2D eigenvalue weighted by Gasteiger charge is 2.19. The number of hydrogen-bond acceptors (Lipinski definition) is 4. The third-order valence-electron chi connectivity index (χ3n) is 4.70. The monoisotopic (exact) mass is 368 g/mol. The van der Waals surface area contributed by atoms with E-state index in [2.05, 4.69) is 66.0 Å². The highest BCUT2D eigenvalue weighted by Crippen LogP contribution is 2.12. The van der Waals surface area contributed by atoms with Crippen LogP contribution in [0.4, 0.5) is 0 Å². The van der Waals surface area contributed by atoms with Gasteiger partial charge in [-0.05, 0) is 5.56 Å². The normalized spacial score (nSPS) is 16.3. The summed E-state index contributed by atoms with van der Waals surface area (Å²) < 4.78 is 2.06. The van der Waals surface area contributed by atoms with Crippen LogP contribution >= 0.6 is 11.3 Å². The first kappa shape index (κ1) is 17.1. The van der Waals surface area contributed by atoms with E-state index in [0.717, 1.165) is 49.3 Å². The van der Waals surface area contributed by atoms with Crippen molar-refractivity contribution >= 4 is 22.3 Å². The van der Waals surface area contributed by atoms with Crippen LogP contribution in [-0.2, 0) is 13.1 Å². The number of benzene rings is 1. The molecule has 0 atom stereocenters. The number of imidazole rings is 1. The molecule has 3 aromatic rings. The standard InChI is InChI=1S/C19H24N6S/c1-20-18(21-13-17-15-25-11-12-26-19(25)22-17)24-9-7-23(8-10-24)14-16-5-3-2-4-6-16/h2-6,11-12,15H,7-10,13-14H2,1H3,(H,20,21). The maximum Gasteiger partial charge on any atom is 0.194 e. The molecule has 4 rings (SSSR count). The molecule has 1 N–H and O–H groups in total. The number of piperazine rings is 1. The molecule has 0 amide bonds. The molecule has 0 saturated carbocycles. The van der Waals surface area contributed by atoms with Crippen molar-refractivity contribution in [2.45, 2.75) is 13.1 Å². The molecule has 1 saturated heterocycles. The average molecular weight is 369 g/mol. The molecule has 0 unspecified atom stereocenters. The lowest BCUT2D eigenvalue weighted by atomic mass is 10.2. The molecule has 0 aliphatic carbocycles. The van der Waals surface area contributed by atoms with Gasteiger partial charge in [-0.1, -0.05) is 30.3 Å². The lowest BCUT2D eigenvalue weighted by Crippen LogP contribution is -2.52. The second-order valence-corrected chi connectivity index (χ2v) is 7.35. The van der Waals surface area contributed by atoms with Crippen LogP contribution < -0.4 is 5.32 Å². The lowest BCUT2D eigenvalue weighted by Gasteiger charge is -2.36. The van der Waals surface area contributed by atoms with E-state index in [1.165, 1.54) is 5.56 Å². The number of thiazole rings is 1. The summed E-state index contributed by atoms with van der Waals surface area (Å²) in [4.78, 5) is 14.9. The Labute approximate surface area is 157 Å². The molecule has 3 heterocycles. The van der Waals surface area contributed by atoms with E-state index in [-0.39, 0.29) is 0 Å². The second-order valence-electron chi connectivity index (χ2n) is 6.47. The van der Waals surface area contributed by atoms with Crippen molar-refractivity contribution in [1.82, 2.24) is 24.5 Å². The fourth-order valence-corrected chi connectivity index (χ4v) is 4.04. The fraction of sp³-hybridized carbons (Fsp3) is 0.368. The summed E-state index contributed by atoms with van der Waals surface area (Å²) in [5.74, 6) is 0.959. The van der Waals surface area contributed by atoms with Gasteiger partial charge in [-0.3, -0.25) is 14.3 Å². The lowest BCUT2D eigenvalue weighted by molar-refractivity contribution is 0.172. The van der Waals surface area contributed by atoms with E-state index >= 15 is 0 Å². The quantitative estimate of drug-likeness (QED) is 0.567. The Bertz CT molecular complexity index is 832. The number of fused-ring (bicyclic) bond motifs is 1. The Morgan fingerprint density at radius 3 is 2.73 bits per heavy atom. The van der Waals surface area contributed by atoms with Gasteiger partial charge in [-0.2, -0.15) is 0 Å². The zero-order chi connectivity index (χ0) is 17.8. The summed E-state index contributed by atoms with van der Waals surface area (Å²) in [5.41, 5.74) is 2.42. The largest absolute Gasteiger partial charge is 0.351 e. The number of rotatable bonds is 4. The number of guanidine groups is 1. The average Bonchev–Trinajstić information content (AvgIpc) is 3.26. The Balaban J connectivity index is 1.28. The molecule has 2 aromatic heterocycles. The molecule has 26 heavy (non-hydrogen) atoms. The van der Waals surface area contributed by atoms with E-state index < -0.39 is 0 Å². The van der Waals surface area contributed by atoms with Crippen LogP contribution in [0.15, 0.2) is 53.1 Å². The molecule has 7 heteroatoms. The van der Waals surface area contributed by atoms with Crippen molar-refractivity contribution in [3.8, 4) is 0 Å². The Kier molecular flexibility index (Phi) is 5.17. The Morgan fingerprint density at radius 1 is 1.19 bits per heavy atom. The molecule has 136 valence electrons. The minimum absolute atomic E-state index is 0.700. The Morgan fingerprint density at radius 2 is 2.00 bits per heavy atom. The van der Waals surface area contributed by atoms with Gasteiger partial charge in [0.25, 0.3) is 0 Å². The van der Waals surface area contributed by atoms with E-state index in [1.54, 1.807) is 11.3 Å². The van der Waals surface area contributed by atoms with E-state index in [9.17, 15) is 0 Å². The summed E-state index contributed by atoms with van der Waals surface area (Å²) in [6.45, 7) is 5.80. The smallest absolute Gasteiger partial charge is 0.194 e. The maximum absolute atomic E-state index is 4.62. The third-order valence-corrected chi connectivity index (χ3v) is 5.47. The number of hydrogen-bond donors (Lipinski definition) is 1. The van der Waals surface area contributed by atoms with Crippen molar-refractivity contribution in [2.24, 2.45) is 4.99 Å². The van der Waals surface area contributed by atoms with Gasteiger partial charge < -0.3 is 10.2 Å².